The van der Waals surface area contributed by atoms with Crippen molar-refractivity contribution in [1.29, 1.82) is 0 Å². The summed E-state index contributed by atoms with van der Waals surface area (Å²) in [6, 6.07) is -0.438. The molecule has 2 saturated heterocycles. The SMILES string of the molecule is C=C1CC([B]/C(C)=C/C=C(C)/C(C)=C/C=C(\C)[B]C2CC(=C)C(=O)O2)OC1=O. The van der Waals surface area contributed by atoms with Crippen LogP contribution in [0.2, 0.25) is 0 Å². The van der Waals surface area contributed by atoms with Gasteiger partial charge in [0.2, 0.25) is 14.6 Å². The lowest BCUT2D eigenvalue weighted by Crippen LogP contribution is -2.17. The van der Waals surface area contributed by atoms with Crippen LogP contribution < -0.4 is 0 Å². The van der Waals surface area contributed by atoms with Crippen LogP contribution in [0, 0.1) is 0 Å². The van der Waals surface area contributed by atoms with E-state index in [2.05, 4.69) is 13.2 Å². The van der Waals surface area contributed by atoms with Crippen LogP contribution in [0.3, 0.4) is 0 Å². The van der Waals surface area contributed by atoms with Gasteiger partial charge in [0.05, 0.1) is 12.0 Å². The highest BCUT2D eigenvalue weighted by atomic mass is 16.6. The molecule has 0 saturated carbocycles. The fourth-order valence-electron chi connectivity index (χ4n) is 2.84. The number of ether oxygens (including phenoxy) is 2. The molecule has 2 heterocycles. The molecule has 0 aliphatic carbocycles. The molecule has 2 unspecified atom stereocenters. The second-order valence-corrected chi connectivity index (χ2v) is 7.36. The first kappa shape index (κ1) is 21.8. The van der Waals surface area contributed by atoms with Gasteiger partial charge in [-0.1, -0.05) is 51.3 Å². The average molecular weight is 376 g/mol. The van der Waals surface area contributed by atoms with Crippen molar-refractivity contribution >= 4 is 26.5 Å². The highest BCUT2D eigenvalue weighted by Gasteiger charge is 2.28. The van der Waals surface area contributed by atoms with Crippen molar-refractivity contribution in [3.8, 4) is 0 Å². The normalized spacial score (nSPS) is 24.4. The van der Waals surface area contributed by atoms with Crippen molar-refractivity contribution in [3.05, 3.63) is 70.7 Å². The molecule has 2 aliphatic rings. The third-order valence-corrected chi connectivity index (χ3v) is 4.70. The summed E-state index contributed by atoms with van der Waals surface area (Å²) in [6.07, 6.45) is 9.20. The number of rotatable bonds is 7. The molecule has 0 spiro atoms. The Morgan fingerprint density at radius 1 is 0.786 bits per heavy atom. The Balaban J connectivity index is 1.89. The first-order valence-electron chi connectivity index (χ1n) is 9.33. The summed E-state index contributed by atoms with van der Waals surface area (Å²) in [6.45, 7) is 15.4. The zero-order valence-corrected chi connectivity index (χ0v) is 17.1. The molecule has 0 bridgehead atoms. The van der Waals surface area contributed by atoms with Gasteiger partial charge in [-0.05, 0) is 25.0 Å². The minimum atomic E-state index is -0.310. The first-order valence-corrected chi connectivity index (χ1v) is 9.33. The Morgan fingerprint density at radius 2 is 1.14 bits per heavy atom. The van der Waals surface area contributed by atoms with E-state index < -0.39 is 0 Å². The van der Waals surface area contributed by atoms with Crippen LogP contribution in [0.4, 0.5) is 0 Å². The Labute approximate surface area is 169 Å². The van der Waals surface area contributed by atoms with Gasteiger partial charge in [0.25, 0.3) is 0 Å². The van der Waals surface area contributed by atoms with E-state index in [1.807, 2.05) is 66.6 Å². The molecule has 2 radical (unpaired) electrons. The number of carbonyl (C=O) groups is 2. The molecule has 0 amide bonds. The fraction of sp³-hybridized carbons (Fsp3) is 0.364. The van der Waals surface area contributed by atoms with Gasteiger partial charge in [-0.2, -0.15) is 0 Å². The second-order valence-electron chi connectivity index (χ2n) is 7.36. The molecule has 6 heteroatoms. The van der Waals surface area contributed by atoms with Crippen LogP contribution in [0.15, 0.2) is 70.7 Å². The lowest BCUT2D eigenvalue weighted by atomic mass is 9.63. The van der Waals surface area contributed by atoms with Crippen molar-refractivity contribution in [2.24, 2.45) is 0 Å². The van der Waals surface area contributed by atoms with Crippen LogP contribution >= 0.6 is 0 Å². The molecule has 2 rings (SSSR count). The van der Waals surface area contributed by atoms with Gasteiger partial charge in [-0.15, -0.1) is 10.9 Å². The predicted octanol–water partition coefficient (Wildman–Crippen LogP) is 3.75. The largest absolute Gasteiger partial charge is 0.468 e. The maximum atomic E-state index is 11.4. The van der Waals surface area contributed by atoms with E-state index in [0.29, 0.717) is 24.0 Å². The smallest absolute Gasteiger partial charge is 0.333 e. The number of allylic oxidation sites excluding steroid dienone is 8. The van der Waals surface area contributed by atoms with Gasteiger partial charge in [0, 0.05) is 24.0 Å². The Kier molecular flexibility index (Phi) is 7.50. The first-order chi connectivity index (χ1) is 13.2. The van der Waals surface area contributed by atoms with Gasteiger partial charge >= 0.3 is 11.9 Å². The van der Waals surface area contributed by atoms with Gasteiger partial charge in [0.1, 0.15) is 0 Å². The number of hydrogen-bond acceptors (Lipinski definition) is 4. The highest BCUT2D eigenvalue weighted by molar-refractivity contribution is 6.47. The van der Waals surface area contributed by atoms with Crippen LogP contribution in [0.5, 0.6) is 0 Å². The zero-order valence-electron chi connectivity index (χ0n) is 17.1. The minimum absolute atomic E-state index is 0.219. The molecular formula is C22H26B2O4. The summed E-state index contributed by atoms with van der Waals surface area (Å²) in [5.41, 5.74) is 5.37. The van der Waals surface area contributed by atoms with E-state index in [4.69, 9.17) is 9.47 Å². The van der Waals surface area contributed by atoms with Crippen molar-refractivity contribution in [1.82, 2.24) is 0 Å². The average Bonchev–Trinajstić information content (AvgIpc) is 3.10. The third kappa shape index (κ3) is 6.29. The Hall–Kier alpha value is -2.49. The molecule has 0 aromatic carbocycles. The monoisotopic (exact) mass is 376 g/mol. The summed E-state index contributed by atoms with van der Waals surface area (Å²) in [7, 11) is 3.88. The lowest BCUT2D eigenvalue weighted by Gasteiger charge is -2.07. The second kappa shape index (κ2) is 9.63. The molecule has 2 aliphatic heterocycles. The minimum Gasteiger partial charge on any atom is -0.468 e. The summed E-state index contributed by atoms with van der Waals surface area (Å²) >= 11 is 0. The topological polar surface area (TPSA) is 52.6 Å². The molecule has 28 heavy (non-hydrogen) atoms. The van der Waals surface area contributed by atoms with Gasteiger partial charge in [-0.25, -0.2) is 9.59 Å². The maximum absolute atomic E-state index is 11.4. The van der Waals surface area contributed by atoms with Crippen molar-refractivity contribution in [3.63, 3.8) is 0 Å². The van der Waals surface area contributed by atoms with Gasteiger partial charge in [-0.3, -0.25) is 0 Å². The third-order valence-electron chi connectivity index (χ3n) is 4.70. The number of hydrogen-bond donors (Lipinski definition) is 0. The lowest BCUT2D eigenvalue weighted by molar-refractivity contribution is -0.137. The van der Waals surface area contributed by atoms with Crippen molar-refractivity contribution in [2.45, 2.75) is 52.5 Å². The fourth-order valence-corrected chi connectivity index (χ4v) is 2.84. The molecule has 0 N–H and O–H groups in total. The maximum Gasteiger partial charge on any atom is 0.333 e. The molecular weight excluding hydrogens is 350 g/mol. The van der Waals surface area contributed by atoms with E-state index in [-0.39, 0.29) is 23.9 Å². The quantitative estimate of drug-likeness (QED) is 0.294. The van der Waals surface area contributed by atoms with Gasteiger partial charge in [0.15, 0.2) is 0 Å². The highest BCUT2D eigenvalue weighted by Crippen LogP contribution is 2.20. The van der Waals surface area contributed by atoms with Crippen LogP contribution in [0.1, 0.15) is 40.5 Å². The van der Waals surface area contributed by atoms with Crippen molar-refractivity contribution < 1.29 is 19.1 Å². The van der Waals surface area contributed by atoms with E-state index in [9.17, 15) is 9.59 Å². The molecule has 144 valence electrons. The standard InChI is InChI=1S/C22H26B2O4/c1-13(7-9-17(5)23-19-11-15(3)21(25)27-19)14(2)8-10-18(6)24-20-12-16(4)22(26)28-20/h7-10,19-20H,3-4,11-12H2,1-2,5-6H3/b13-7+,14-8+,17-9+,18-10+. The van der Waals surface area contributed by atoms with Crippen LogP contribution in [-0.4, -0.2) is 38.5 Å². The molecule has 2 fully saturated rings. The van der Waals surface area contributed by atoms with Crippen LogP contribution in [-0.2, 0) is 19.1 Å². The molecule has 2 atom stereocenters. The van der Waals surface area contributed by atoms with E-state index in [0.717, 1.165) is 22.1 Å². The Bertz CT molecular complexity index is 714. The predicted molar refractivity (Wildman–Crippen MR) is 114 cm³/mol. The molecule has 0 aromatic heterocycles. The Morgan fingerprint density at radius 3 is 1.43 bits per heavy atom. The van der Waals surface area contributed by atoms with Crippen molar-refractivity contribution in [2.75, 3.05) is 0 Å². The summed E-state index contributed by atoms with van der Waals surface area (Å²) in [4.78, 5) is 22.7. The van der Waals surface area contributed by atoms with Crippen LogP contribution in [0.25, 0.3) is 0 Å². The molecule has 4 nitrogen and oxygen atoms in total. The summed E-state index contributed by atoms with van der Waals surface area (Å²) in [5.74, 6) is -0.620. The molecule has 0 aromatic rings. The van der Waals surface area contributed by atoms with E-state index in [1.54, 1.807) is 0 Å². The number of carbonyl (C=O) groups excluding carboxylic acids is 2. The van der Waals surface area contributed by atoms with E-state index in [1.165, 1.54) is 0 Å². The zero-order chi connectivity index (χ0) is 20.8. The van der Waals surface area contributed by atoms with Gasteiger partial charge < -0.3 is 9.47 Å². The number of esters is 2. The summed E-state index contributed by atoms with van der Waals surface area (Å²) < 4.78 is 10.4. The summed E-state index contributed by atoms with van der Waals surface area (Å²) in [5, 5.41) is 0. The van der Waals surface area contributed by atoms with E-state index >= 15 is 0 Å². The number of cyclic esters (lactones) is 2.